The zero-order valence-electron chi connectivity index (χ0n) is 16.9. The molecule has 3 aromatic rings. The van der Waals surface area contributed by atoms with Crippen LogP contribution >= 0.6 is 0 Å². The Kier molecular flexibility index (Phi) is 6.74. The average molecular weight is 394 g/mol. The number of ketones is 1. The Morgan fingerprint density at radius 1 is 1.17 bits per heavy atom. The van der Waals surface area contributed by atoms with Crippen molar-refractivity contribution in [2.45, 2.75) is 26.0 Å². The zero-order chi connectivity index (χ0) is 20.8. The number of hydrogen-bond acceptors (Lipinski definition) is 6. The van der Waals surface area contributed by atoms with Gasteiger partial charge >= 0.3 is 0 Å². The van der Waals surface area contributed by atoms with Crippen molar-refractivity contribution in [1.29, 1.82) is 0 Å². The molecule has 0 saturated carbocycles. The molecule has 0 spiro atoms. The molecular formula is C22H26N4O3. The van der Waals surface area contributed by atoms with E-state index in [2.05, 4.69) is 34.0 Å². The van der Waals surface area contributed by atoms with E-state index in [4.69, 9.17) is 4.74 Å². The van der Waals surface area contributed by atoms with Gasteiger partial charge in [-0.15, -0.1) is 0 Å². The van der Waals surface area contributed by atoms with Crippen LogP contribution in [0.15, 0.2) is 61.2 Å². The number of Topliss-reactive ketones (excluding diaryl/α,β-unsaturated/α-hetero) is 1. The first-order valence-electron chi connectivity index (χ1n) is 9.51. The molecule has 0 radical (unpaired) electrons. The number of ether oxygens (including phenoxy) is 1. The summed E-state index contributed by atoms with van der Waals surface area (Å²) in [5.74, 6) is 0.648. The first-order valence-corrected chi connectivity index (χ1v) is 9.51. The second-order valence-corrected chi connectivity index (χ2v) is 7.09. The van der Waals surface area contributed by atoms with Crippen molar-refractivity contribution in [3.05, 3.63) is 72.3 Å². The highest BCUT2D eigenvalue weighted by Gasteiger charge is 2.16. The Balaban J connectivity index is 1.50. The molecule has 3 rings (SSSR count). The van der Waals surface area contributed by atoms with Gasteiger partial charge < -0.3 is 9.84 Å². The SMILES string of the molecule is CC(=O)c1ccc(OCC(O)CN(C)C(C)c2ccc(-n3cncn3)cc2)cc1. The lowest BCUT2D eigenvalue weighted by molar-refractivity contribution is 0.0653. The molecule has 152 valence electrons. The molecule has 1 aromatic heterocycles. The van der Waals surface area contributed by atoms with Crippen LogP contribution in [0, 0.1) is 0 Å². The minimum Gasteiger partial charge on any atom is -0.491 e. The van der Waals surface area contributed by atoms with Crippen molar-refractivity contribution < 1.29 is 14.6 Å². The summed E-state index contributed by atoms with van der Waals surface area (Å²) in [5.41, 5.74) is 2.73. The normalized spacial score (nSPS) is 13.3. The van der Waals surface area contributed by atoms with E-state index in [1.54, 1.807) is 35.3 Å². The molecule has 0 amide bonds. The number of benzene rings is 2. The van der Waals surface area contributed by atoms with E-state index < -0.39 is 6.10 Å². The second kappa shape index (κ2) is 9.45. The summed E-state index contributed by atoms with van der Waals surface area (Å²) in [6.45, 7) is 4.27. The van der Waals surface area contributed by atoms with Crippen molar-refractivity contribution >= 4 is 5.78 Å². The van der Waals surface area contributed by atoms with Crippen molar-refractivity contribution in [3.8, 4) is 11.4 Å². The highest BCUT2D eigenvalue weighted by atomic mass is 16.5. The van der Waals surface area contributed by atoms with E-state index >= 15 is 0 Å². The fourth-order valence-electron chi connectivity index (χ4n) is 3.02. The molecule has 7 nitrogen and oxygen atoms in total. The van der Waals surface area contributed by atoms with Gasteiger partial charge in [0.15, 0.2) is 5.78 Å². The number of likely N-dealkylation sites (N-methyl/N-ethyl adjacent to an activating group) is 1. The summed E-state index contributed by atoms with van der Waals surface area (Å²) >= 11 is 0. The molecule has 0 aliphatic rings. The maximum absolute atomic E-state index is 11.3. The molecular weight excluding hydrogens is 368 g/mol. The smallest absolute Gasteiger partial charge is 0.159 e. The molecule has 7 heteroatoms. The lowest BCUT2D eigenvalue weighted by Gasteiger charge is -2.27. The fourth-order valence-corrected chi connectivity index (χ4v) is 3.02. The topological polar surface area (TPSA) is 80.5 Å². The Morgan fingerprint density at radius 2 is 1.86 bits per heavy atom. The third kappa shape index (κ3) is 5.49. The van der Waals surface area contributed by atoms with Crippen LogP contribution in [0.5, 0.6) is 5.75 Å². The predicted octanol–water partition coefficient (Wildman–Crippen LogP) is 2.90. The van der Waals surface area contributed by atoms with Crippen LogP contribution in [0.1, 0.15) is 35.8 Å². The monoisotopic (exact) mass is 394 g/mol. The van der Waals surface area contributed by atoms with Crippen molar-refractivity contribution in [1.82, 2.24) is 19.7 Å². The van der Waals surface area contributed by atoms with E-state index in [1.807, 2.05) is 19.2 Å². The molecule has 2 aromatic carbocycles. The molecule has 1 N–H and O–H groups in total. The second-order valence-electron chi connectivity index (χ2n) is 7.09. The Labute approximate surface area is 170 Å². The van der Waals surface area contributed by atoms with E-state index in [1.165, 1.54) is 13.3 Å². The summed E-state index contributed by atoms with van der Waals surface area (Å²) in [6, 6.07) is 15.2. The summed E-state index contributed by atoms with van der Waals surface area (Å²) in [6.07, 6.45) is 2.53. The van der Waals surface area contributed by atoms with Gasteiger partial charge in [0, 0.05) is 18.2 Å². The maximum atomic E-state index is 11.3. The minimum absolute atomic E-state index is 0.0153. The largest absolute Gasteiger partial charge is 0.491 e. The third-order valence-electron chi connectivity index (χ3n) is 4.92. The number of aliphatic hydroxyl groups is 1. The zero-order valence-corrected chi connectivity index (χ0v) is 16.9. The third-order valence-corrected chi connectivity index (χ3v) is 4.92. The van der Waals surface area contributed by atoms with Crippen LogP contribution in [-0.4, -0.2) is 56.9 Å². The van der Waals surface area contributed by atoms with E-state index in [0.29, 0.717) is 17.9 Å². The number of carbonyl (C=O) groups excluding carboxylic acids is 1. The summed E-state index contributed by atoms with van der Waals surface area (Å²) in [7, 11) is 1.97. The lowest BCUT2D eigenvalue weighted by atomic mass is 10.1. The van der Waals surface area contributed by atoms with Gasteiger partial charge in [0.1, 0.15) is 31.1 Å². The van der Waals surface area contributed by atoms with E-state index in [-0.39, 0.29) is 18.4 Å². The van der Waals surface area contributed by atoms with Gasteiger partial charge in [-0.1, -0.05) is 12.1 Å². The highest BCUT2D eigenvalue weighted by molar-refractivity contribution is 5.94. The maximum Gasteiger partial charge on any atom is 0.159 e. The average Bonchev–Trinajstić information content (AvgIpc) is 3.27. The summed E-state index contributed by atoms with van der Waals surface area (Å²) in [5, 5.41) is 14.5. The number of carbonyl (C=O) groups is 1. The molecule has 29 heavy (non-hydrogen) atoms. The molecule has 0 saturated heterocycles. The molecule has 0 aliphatic carbocycles. The highest BCUT2D eigenvalue weighted by Crippen LogP contribution is 2.20. The van der Waals surface area contributed by atoms with Crippen molar-refractivity contribution in [2.75, 3.05) is 20.2 Å². The van der Waals surface area contributed by atoms with Crippen LogP contribution in [0.3, 0.4) is 0 Å². The van der Waals surface area contributed by atoms with Gasteiger partial charge in [-0.2, -0.15) is 5.10 Å². The summed E-state index contributed by atoms with van der Waals surface area (Å²) in [4.78, 5) is 17.3. The van der Waals surface area contributed by atoms with Gasteiger partial charge in [0.25, 0.3) is 0 Å². The summed E-state index contributed by atoms with van der Waals surface area (Å²) < 4.78 is 7.35. The minimum atomic E-state index is -0.635. The molecule has 0 fully saturated rings. The van der Waals surface area contributed by atoms with Gasteiger partial charge in [-0.25, -0.2) is 9.67 Å². The Hall–Kier alpha value is -3.03. The van der Waals surface area contributed by atoms with Crippen molar-refractivity contribution in [2.24, 2.45) is 0 Å². The van der Waals surface area contributed by atoms with Gasteiger partial charge in [-0.05, 0) is 62.9 Å². The number of rotatable bonds is 9. The number of nitrogens with zero attached hydrogens (tertiary/aromatic N) is 4. The molecule has 1 heterocycles. The van der Waals surface area contributed by atoms with E-state index in [9.17, 15) is 9.90 Å². The Morgan fingerprint density at radius 3 is 2.45 bits per heavy atom. The molecule has 0 aliphatic heterocycles. The predicted molar refractivity (Wildman–Crippen MR) is 110 cm³/mol. The van der Waals surface area contributed by atoms with Crippen LogP contribution in [0.4, 0.5) is 0 Å². The van der Waals surface area contributed by atoms with Crippen LogP contribution in [-0.2, 0) is 0 Å². The van der Waals surface area contributed by atoms with Gasteiger partial charge in [0.2, 0.25) is 0 Å². The number of hydrogen-bond donors (Lipinski definition) is 1. The first kappa shape index (κ1) is 20.7. The lowest BCUT2D eigenvalue weighted by Crippen LogP contribution is -2.34. The fraction of sp³-hybridized carbons (Fsp3) is 0.318. The molecule has 2 atom stereocenters. The van der Waals surface area contributed by atoms with Crippen LogP contribution < -0.4 is 4.74 Å². The standard InChI is InChI=1S/C22H26N4O3/c1-16(18-4-8-20(9-5-18)26-15-23-14-24-26)25(3)12-21(28)13-29-22-10-6-19(7-11-22)17(2)27/h4-11,14-16,21,28H,12-13H2,1-3H3. The van der Waals surface area contributed by atoms with Crippen LogP contribution in [0.2, 0.25) is 0 Å². The number of aliphatic hydroxyl groups excluding tert-OH is 1. The number of aromatic nitrogens is 3. The van der Waals surface area contributed by atoms with Crippen molar-refractivity contribution in [3.63, 3.8) is 0 Å². The quantitative estimate of drug-likeness (QED) is 0.562. The first-order chi connectivity index (χ1) is 13.9. The Bertz CT molecular complexity index is 908. The molecule has 2 unspecified atom stereocenters. The molecule has 0 bridgehead atoms. The van der Waals surface area contributed by atoms with Crippen LogP contribution in [0.25, 0.3) is 5.69 Å². The van der Waals surface area contributed by atoms with Gasteiger partial charge in [0.05, 0.1) is 5.69 Å². The van der Waals surface area contributed by atoms with Gasteiger partial charge in [-0.3, -0.25) is 9.69 Å². The van der Waals surface area contributed by atoms with E-state index in [0.717, 1.165) is 11.3 Å².